The largest absolute Gasteiger partial charge is 0.417 e. The van der Waals surface area contributed by atoms with Crippen molar-refractivity contribution in [2.24, 2.45) is 10.4 Å². The van der Waals surface area contributed by atoms with Gasteiger partial charge in [0.1, 0.15) is 0 Å². The number of aromatic nitrogens is 3. The first kappa shape index (κ1) is 26.9. The molecule has 1 atom stereocenters. The third kappa shape index (κ3) is 5.95. The predicted molar refractivity (Wildman–Crippen MR) is 145 cm³/mol. The number of nitrogens with one attached hydrogen (secondary N) is 3. The molecule has 206 valence electrons. The molecule has 0 saturated heterocycles. The molecule has 1 aliphatic heterocycles. The smallest absolute Gasteiger partial charge is 0.402 e. The Kier molecular flexibility index (Phi) is 7.01. The maximum Gasteiger partial charge on any atom is 0.417 e. The van der Waals surface area contributed by atoms with E-state index < -0.39 is 23.8 Å². The second-order valence-corrected chi connectivity index (χ2v) is 10.4. The Balaban J connectivity index is 1.47. The summed E-state index contributed by atoms with van der Waals surface area (Å²) >= 11 is 0. The molecule has 40 heavy (non-hydrogen) atoms. The molecule has 9 nitrogen and oxygen atoms in total. The van der Waals surface area contributed by atoms with Gasteiger partial charge in [-0.1, -0.05) is 74.4 Å². The maximum absolute atomic E-state index is 13.4. The van der Waals surface area contributed by atoms with E-state index in [-0.39, 0.29) is 28.7 Å². The van der Waals surface area contributed by atoms with Crippen LogP contribution in [-0.4, -0.2) is 39.5 Å². The average Bonchev–Trinajstić information content (AvgIpc) is 3.32. The van der Waals surface area contributed by atoms with Crippen molar-refractivity contribution in [2.45, 2.75) is 33.1 Å². The minimum Gasteiger partial charge on any atom is -0.402 e. The molecule has 0 fully saturated rings. The molecule has 12 heteroatoms. The van der Waals surface area contributed by atoms with Gasteiger partial charge in [0.15, 0.2) is 5.69 Å². The van der Waals surface area contributed by atoms with Crippen LogP contribution in [0.5, 0.6) is 0 Å². The van der Waals surface area contributed by atoms with Crippen LogP contribution in [0.25, 0.3) is 11.6 Å². The van der Waals surface area contributed by atoms with E-state index in [1.807, 2.05) is 69.3 Å². The van der Waals surface area contributed by atoms with Crippen molar-refractivity contribution in [1.29, 1.82) is 0 Å². The van der Waals surface area contributed by atoms with Crippen LogP contribution in [0, 0.1) is 5.41 Å². The number of alkyl halides is 3. The summed E-state index contributed by atoms with van der Waals surface area (Å²) in [6.45, 7) is 6.18. The molecule has 4 aromatic rings. The van der Waals surface area contributed by atoms with E-state index in [2.05, 4.69) is 36.1 Å². The number of aliphatic imine (C=N–C) groups is 1. The van der Waals surface area contributed by atoms with Crippen LogP contribution >= 0.6 is 0 Å². The van der Waals surface area contributed by atoms with E-state index in [0.717, 1.165) is 17.2 Å². The van der Waals surface area contributed by atoms with E-state index in [4.69, 9.17) is 4.42 Å². The Hall–Kier alpha value is -4.74. The van der Waals surface area contributed by atoms with Gasteiger partial charge in [-0.05, 0) is 17.5 Å². The van der Waals surface area contributed by atoms with Crippen LogP contribution in [0.2, 0.25) is 0 Å². The Bertz CT molecular complexity index is 1560. The Morgan fingerprint density at radius 2 is 1.73 bits per heavy atom. The number of benzodiazepines with no additional fused rings is 1. The van der Waals surface area contributed by atoms with Gasteiger partial charge in [-0.3, -0.25) is 4.79 Å². The van der Waals surface area contributed by atoms with E-state index in [1.165, 1.54) is 0 Å². The molecule has 1 aliphatic rings. The van der Waals surface area contributed by atoms with Crippen molar-refractivity contribution in [2.75, 3.05) is 22.5 Å². The lowest BCUT2D eigenvalue weighted by Gasteiger charge is -2.21. The fourth-order valence-corrected chi connectivity index (χ4v) is 3.96. The SMILES string of the molecule is CC(C)(C)CNc1cc(C(F)(F)F)cnc1-c1nnc(N[C@H]2N=C(c3ccccc3)c3ccccc3NC2=O)o1. The van der Waals surface area contributed by atoms with Gasteiger partial charge in [-0.15, -0.1) is 5.10 Å². The molecule has 1 amide bonds. The zero-order valence-electron chi connectivity index (χ0n) is 21.9. The highest BCUT2D eigenvalue weighted by Crippen LogP contribution is 2.35. The highest BCUT2D eigenvalue weighted by atomic mass is 19.4. The number of nitrogens with zero attached hydrogens (tertiary/aromatic N) is 4. The monoisotopic (exact) mass is 549 g/mol. The van der Waals surface area contributed by atoms with Gasteiger partial charge in [-0.25, -0.2) is 9.98 Å². The molecule has 0 radical (unpaired) electrons. The Morgan fingerprint density at radius 1 is 1.00 bits per heavy atom. The zero-order chi connectivity index (χ0) is 28.5. The Labute approximate surface area is 228 Å². The van der Waals surface area contributed by atoms with Gasteiger partial charge in [0.25, 0.3) is 11.8 Å². The molecule has 2 aromatic heterocycles. The van der Waals surface area contributed by atoms with Crippen LogP contribution < -0.4 is 16.0 Å². The molecule has 0 unspecified atom stereocenters. The summed E-state index contributed by atoms with van der Waals surface area (Å²) in [5, 5.41) is 16.6. The molecule has 2 aromatic carbocycles. The number of hydrogen-bond acceptors (Lipinski definition) is 8. The predicted octanol–water partition coefficient (Wildman–Crippen LogP) is 5.84. The first-order chi connectivity index (χ1) is 19.0. The van der Waals surface area contributed by atoms with E-state index in [9.17, 15) is 18.0 Å². The second-order valence-electron chi connectivity index (χ2n) is 10.4. The normalized spacial score (nSPS) is 15.5. The molecule has 0 aliphatic carbocycles. The first-order valence-corrected chi connectivity index (χ1v) is 12.4. The first-order valence-electron chi connectivity index (χ1n) is 12.4. The molecule has 3 N–H and O–H groups in total. The van der Waals surface area contributed by atoms with Gasteiger partial charge < -0.3 is 20.4 Å². The fourth-order valence-electron chi connectivity index (χ4n) is 3.96. The summed E-state index contributed by atoms with van der Waals surface area (Å²) in [5.41, 5.74) is 1.69. The van der Waals surface area contributed by atoms with Crippen molar-refractivity contribution >= 4 is 29.0 Å². The van der Waals surface area contributed by atoms with E-state index in [0.29, 0.717) is 24.1 Å². The van der Waals surface area contributed by atoms with Crippen LogP contribution in [-0.2, 0) is 11.0 Å². The lowest BCUT2D eigenvalue weighted by Crippen LogP contribution is -2.32. The Morgan fingerprint density at radius 3 is 2.45 bits per heavy atom. The topological polar surface area (TPSA) is 117 Å². The van der Waals surface area contributed by atoms with Crippen LogP contribution in [0.4, 0.5) is 30.6 Å². The highest BCUT2D eigenvalue weighted by Gasteiger charge is 2.33. The quantitative estimate of drug-likeness (QED) is 0.277. The summed E-state index contributed by atoms with van der Waals surface area (Å²) in [6, 6.07) is 17.5. The van der Waals surface area contributed by atoms with Crippen molar-refractivity contribution in [1.82, 2.24) is 15.2 Å². The minimum atomic E-state index is -4.58. The van der Waals surface area contributed by atoms with Crippen molar-refractivity contribution in [3.05, 3.63) is 83.6 Å². The molecular weight excluding hydrogens is 523 g/mol. The number of amides is 1. The summed E-state index contributed by atoms with van der Waals surface area (Å²) in [4.78, 5) is 21.7. The van der Waals surface area contributed by atoms with Gasteiger partial charge >= 0.3 is 12.2 Å². The van der Waals surface area contributed by atoms with Gasteiger partial charge in [0.2, 0.25) is 6.17 Å². The van der Waals surface area contributed by atoms with Crippen molar-refractivity contribution in [3.8, 4) is 11.6 Å². The van der Waals surface area contributed by atoms with E-state index >= 15 is 0 Å². The number of rotatable bonds is 6. The minimum absolute atomic E-state index is 0.0454. The van der Waals surface area contributed by atoms with Gasteiger partial charge in [0, 0.05) is 23.9 Å². The summed E-state index contributed by atoms with van der Waals surface area (Å²) in [5.74, 6) is -0.587. The molecule has 0 bridgehead atoms. The lowest BCUT2D eigenvalue weighted by molar-refractivity contribution is -0.137. The maximum atomic E-state index is 13.4. The number of hydrogen-bond donors (Lipinski definition) is 3. The fraction of sp³-hybridized carbons (Fsp3) is 0.250. The molecule has 3 heterocycles. The number of pyridine rings is 1. The number of anilines is 3. The third-order valence-electron chi connectivity index (χ3n) is 5.91. The average molecular weight is 550 g/mol. The molecule has 5 rings (SSSR count). The number of benzene rings is 2. The number of carbonyl (C=O) groups excluding carboxylic acids is 1. The third-order valence-corrected chi connectivity index (χ3v) is 5.91. The van der Waals surface area contributed by atoms with Crippen molar-refractivity contribution in [3.63, 3.8) is 0 Å². The lowest BCUT2D eigenvalue weighted by atomic mass is 9.97. The molecular formula is C28H26F3N7O2. The zero-order valence-corrected chi connectivity index (χ0v) is 21.9. The van der Waals surface area contributed by atoms with Crippen LogP contribution in [0.1, 0.15) is 37.5 Å². The van der Waals surface area contributed by atoms with Crippen LogP contribution in [0.3, 0.4) is 0 Å². The summed E-state index contributed by atoms with van der Waals surface area (Å²) < 4.78 is 45.9. The van der Waals surface area contributed by atoms with Crippen LogP contribution in [0.15, 0.2) is 76.3 Å². The second kappa shape index (κ2) is 10.4. The number of para-hydroxylation sites is 1. The molecule has 0 saturated carbocycles. The molecule has 0 spiro atoms. The summed E-state index contributed by atoms with van der Waals surface area (Å²) in [7, 11) is 0. The number of fused-ring (bicyclic) bond motifs is 1. The van der Waals surface area contributed by atoms with E-state index in [1.54, 1.807) is 6.07 Å². The van der Waals surface area contributed by atoms with Gasteiger partial charge in [-0.2, -0.15) is 13.2 Å². The summed E-state index contributed by atoms with van der Waals surface area (Å²) in [6.07, 6.45) is -5.01. The highest BCUT2D eigenvalue weighted by molar-refractivity contribution is 6.19. The standard InChI is InChI=1S/C28H26F3N7O2/c1-27(2,3)15-33-20-13-17(28(29,30)31)14-32-22(20)25-37-38-26(40-25)36-23-24(39)34-19-12-8-7-11-18(19)21(35-23)16-9-5-4-6-10-16/h4-14,23,33H,15H2,1-3H3,(H,34,39)(H,36,38)/t23-/m1/s1. The number of carbonyl (C=O) groups is 1. The van der Waals surface area contributed by atoms with Crippen molar-refractivity contribution < 1.29 is 22.4 Å². The van der Waals surface area contributed by atoms with Gasteiger partial charge in [0.05, 0.1) is 22.6 Å². The number of halogens is 3.